The monoisotopic (exact) mass is 228 g/mol. The third-order valence-electron chi connectivity index (χ3n) is 2.46. The minimum absolute atomic E-state index is 0.763. The van der Waals surface area contributed by atoms with Crippen LogP contribution in [0.25, 0.3) is 0 Å². The second kappa shape index (κ2) is 5.92. The maximum atomic E-state index is 5.11. The average molecular weight is 228 g/mol. The molecule has 3 nitrogen and oxygen atoms in total. The van der Waals surface area contributed by atoms with Crippen LogP contribution in [0.15, 0.2) is 54.6 Å². The number of ether oxygens (including phenoxy) is 1. The van der Waals surface area contributed by atoms with Crippen LogP contribution >= 0.6 is 0 Å². The van der Waals surface area contributed by atoms with Gasteiger partial charge >= 0.3 is 0 Å². The highest BCUT2D eigenvalue weighted by atomic mass is 16.5. The first-order chi connectivity index (χ1) is 8.38. The molecule has 0 aliphatic rings. The second-order valence-corrected chi connectivity index (χ2v) is 3.69. The molecule has 0 atom stereocenters. The Morgan fingerprint density at radius 1 is 0.941 bits per heavy atom. The van der Waals surface area contributed by atoms with Gasteiger partial charge in [0.05, 0.1) is 7.11 Å². The number of hydrogen-bond acceptors (Lipinski definition) is 3. The summed E-state index contributed by atoms with van der Waals surface area (Å²) >= 11 is 0. The summed E-state index contributed by atoms with van der Waals surface area (Å²) in [7, 11) is 1.67. The SMILES string of the molecule is COc1ccc(CNNc2ccccc2)cc1. The summed E-state index contributed by atoms with van der Waals surface area (Å²) in [5.74, 6) is 0.879. The Bertz CT molecular complexity index is 440. The maximum absolute atomic E-state index is 5.11. The zero-order chi connectivity index (χ0) is 11.9. The lowest BCUT2D eigenvalue weighted by atomic mass is 10.2. The Kier molecular flexibility index (Phi) is 4.00. The molecule has 2 N–H and O–H groups in total. The van der Waals surface area contributed by atoms with E-state index in [0.717, 1.165) is 18.0 Å². The Morgan fingerprint density at radius 3 is 2.29 bits per heavy atom. The van der Waals surface area contributed by atoms with Gasteiger partial charge in [-0.2, -0.15) is 0 Å². The van der Waals surface area contributed by atoms with E-state index in [1.165, 1.54) is 5.56 Å². The van der Waals surface area contributed by atoms with Crippen molar-refractivity contribution in [1.29, 1.82) is 0 Å². The molecular weight excluding hydrogens is 212 g/mol. The fourth-order valence-corrected chi connectivity index (χ4v) is 1.51. The summed E-state index contributed by atoms with van der Waals surface area (Å²) in [5.41, 5.74) is 8.56. The van der Waals surface area contributed by atoms with E-state index in [9.17, 15) is 0 Å². The lowest BCUT2D eigenvalue weighted by Crippen LogP contribution is -2.20. The van der Waals surface area contributed by atoms with Gasteiger partial charge in [0.1, 0.15) is 5.75 Å². The van der Waals surface area contributed by atoms with Gasteiger partial charge < -0.3 is 10.2 Å². The van der Waals surface area contributed by atoms with Crippen molar-refractivity contribution in [2.75, 3.05) is 12.5 Å². The van der Waals surface area contributed by atoms with Gasteiger partial charge in [-0.05, 0) is 29.8 Å². The third-order valence-corrected chi connectivity index (χ3v) is 2.46. The molecule has 2 aromatic rings. The van der Waals surface area contributed by atoms with Gasteiger partial charge in [-0.1, -0.05) is 30.3 Å². The molecule has 0 radical (unpaired) electrons. The molecule has 0 unspecified atom stereocenters. The van der Waals surface area contributed by atoms with Crippen LogP contribution in [-0.2, 0) is 6.54 Å². The van der Waals surface area contributed by atoms with E-state index in [2.05, 4.69) is 10.9 Å². The van der Waals surface area contributed by atoms with E-state index >= 15 is 0 Å². The average Bonchev–Trinajstić information content (AvgIpc) is 2.41. The normalized spacial score (nSPS) is 9.94. The van der Waals surface area contributed by atoms with Crippen LogP contribution in [0.2, 0.25) is 0 Å². The van der Waals surface area contributed by atoms with Crippen LogP contribution < -0.4 is 15.6 Å². The summed E-state index contributed by atoms with van der Waals surface area (Å²) in [6.07, 6.45) is 0. The van der Waals surface area contributed by atoms with Crippen molar-refractivity contribution in [3.63, 3.8) is 0 Å². The van der Waals surface area contributed by atoms with E-state index in [-0.39, 0.29) is 0 Å². The summed E-state index contributed by atoms with van der Waals surface area (Å²) in [6.45, 7) is 0.763. The summed E-state index contributed by atoms with van der Waals surface area (Å²) in [4.78, 5) is 0. The summed E-state index contributed by atoms with van der Waals surface area (Å²) in [6, 6.07) is 18.0. The molecule has 0 aliphatic carbocycles. The van der Waals surface area contributed by atoms with Crippen LogP contribution in [0, 0.1) is 0 Å². The molecule has 0 saturated heterocycles. The van der Waals surface area contributed by atoms with Gasteiger partial charge in [-0.15, -0.1) is 0 Å². The Morgan fingerprint density at radius 2 is 1.65 bits per heavy atom. The molecule has 0 amide bonds. The number of rotatable bonds is 5. The molecule has 0 bridgehead atoms. The van der Waals surface area contributed by atoms with Gasteiger partial charge in [0.25, 0.3) is 0 Å². The van der Waals surface area contributed by atoms with Gasteiger partial charge in [-0.3, -0.25) is 0 Å². The van der Waals surface area contributed by atoms with Crippen LogP contribution in [0.1, 0.15) is 5.56 Å². The highest BCUT2D eigenvalue weighted by Crippen LogP contribution is 2.11. The lowest BCUT2D eigenvalue weighted by molar-refractivity contribution is 0.414. The number of benzene rings is 2. The highest BCUT2D eigenvalue weighted by molar-refractivity contribution is 5.41. The number of hydrogen-bond donors (Lipinski definition) is 2. The van der Waals surface area contributed by atoms with Crippen molar-refractivity contribution in [2.24, 2.45) is 0 Å². The van der Waals surface area contributed by atoms with Crippen molar-refractivity contribution in [2.45, 2.75) is 6.54 Å². The van der Waals surface area contributed by atoms with E-state index in [4.69, 9.17) is 4.74 Å². The predicted octanol–water partition coefficient (Wildman–Crippen LogP) is 2.81. The Labute approximate surface area is 101 Å². The minimum Gasteiger partial charge on any atom is -0.497 e. The molecule has 88 valence electrons. The fourth-order valence-electron chi connectivity index (χ4n) is 1.51. The lowest BCUT2D eigenvalue weighted by Gasteiger charge is -2.08. The van der Waals surface area contributed by atoms with E-state index in [0.29, 0.717) is 0 Å². The standard InChI is InChI=1S/C14H16N2O/c1-17-14-9-7-12(8-10-14)11-15-16-13-5-3-2-4-6-13/h2-10,15-16H,11H2,1H3. The first kappa shape index (κ1) is 11.5. The molecule has 0 aliphatic heterocycles. The summed E-state index contributed by atoms with van der Waals surface area (Å²) < 4.78 is 5.11. The zero-order valence-corrected chi connectivity index (χ0v) is 9.81. The fraction of sp³-hybridized carbons (Fsp3) is 0.143. The van der Waals surface area contributed by atoms with Crippen LogP contribution in [-0.4, -0.2) is 7.11 Å². The van der Waals surface area contributed by atoms with Crippen LogP contribution in [0.4, 0.5) is 5.69 Å². The van der Waals surface area contributed by atoms with Gasteiger partial charge in [0.15, 0.2) is 0 Å². The molecule has 0 spiro atoms. The van der Waals surface area contributed by atoms with E-state index in [1.807, 2.05) is 54.6 Å². The summed E-state index contributed by atoms with van der Waals surface area (Å²) in [5, 5.41) is 0. The maximum Gasteiger partial charge on any atom is 0.118 e. The van der Waals surface area contributed by atoms with Gasteiger partial charge in [-0.25, -0.2) is 5.43 Å². The van der Waals surface area contributed by atoms with Crippen molar-refractivity contribution in [3.05, 3.63) is 60.2 Å². The number of nitrogens with one attached hydrogen (secondary N) is 2. The van der Waals surface area contributed by atoms with Crippen LogP contribution in [0.5, 0.6) is 5.75 Å². The van der Waals surface area contributed by atoms with Gasteiger partial charge in [0.2, 0.25) is 0 Å². The number of methoxy groups -OCH3 is 1. The highest BCUT2D eigenvalue weighted by Gasteiger charge is 1.94. The molecule has 0 saturated carbocycles. The molecule has 17 heavy (non-hydrogen) atoms. The first-order valence-corrected chi connectivity index (χ1v) is 5.55. The van der Waals surface area contributed by atoms with E-state index in [1.54, 1.807) is 7.11 Å². The third kappa shape index (κ3) is 3.50. The van der Waals surface area contributed by atoms with Gasteiger partial charge in [0, 0.05) is 12.2 Å². The quantitative estimate of drug-likeness (QED) is 0.772. The molecule has 3 heteroatoms. The van der Waals surface area contributed by atoms with Crippen molar-refractivity contribution < 1.29 is 4.74 Å². The molecule has 2 aromatic carbocycles. The molecule has 0 aromatic heterocycles. The first-order valence-electron chi connectivity index (χ1n) is 5.55. The Balaban J connectivity index is 1.82. The van der Waals surface area contributed by atoms with Crippen molar-refractivity contribution in [3.8, 4) is 5.75 Å². The predicted molar refractivity (Wildman–Crippen MR) is 69.9 cm³/mol. The number of para-hydroxylation sites is 1. The molecular formula is C14H16N2O. The van der Waals surface area contributed by atoms with Crippen LogP contribution in [0.3, 0.4) is 0 Å². The smallest absolute Gasteiger partial charge is 0.118 e. The van der Waals surface area contributed by atoms with Crippen molar-refractivity contribution >= 4 is 5.69 Å². The minimum atomic E-state index is 0.763. The van der Waals surface area contributed by atoms with Crippen molar-refractivity contribution in [1.82, 2.24) is 5.43 Å². The second-order valence-electron chi connectivity index (χ2n) is 3.69. The zero-order valence-electron chi connectivity index (χ0n) is 9.81. The Hall–Kier alpha value is -2.00. The largest absolute Gasteiger partial charge is 0.497 e. The molecule has 0 heterocycles. The topological polar surface area (TPSA) is 33.3 Å². The molecule has 0 fully saturated rings. The number of anilines is 1. The molecule has 2 rings (SSSR count). The number of hydrazine groups is 1. The van der Waals surface area contributed by atoms with E-state index < -0.39 is 0 Å².